The van der Waals surface area contributed by atoms with Crippen molar-refractivity contribution >= 4 is 11.7 Å². The molecule has 3 aromatic heterocycles. The van der Waals surface area contributed by atoms with Crippen LogP contribution in [-0.4, -0.2) is 54.6 Å². The Morgan fingerprint density at radius 1 is 1.41 bits per heavy atom. The van der Waals surface area contributed by atoms with Crippen molar-refractivity contribution in [1.29, 1.82) is 0 Å². The van der Waals surface area contributed by atoms with Gasteiger partial charge in [0.25, 0.3) is 17.2 Å². The third-order valence-corrected chi connectivity index (χ3v) is 4.53. The molecule has 1 atom stereocenters. The quantitative estimate of drug-likeness (QED) is 0.719. The van der Waals surface area contributed by atoms with E-state index in [0.717, 1.165) is 18.5 Å². The summed E-state index contributed by atoms with van der Waals surface area (Å²) in [4.78, 5) is 40.0. The van der Waals surface area contributed by atoms with Gasteiger partial charge in [0.1, 0.15) is 11.4 Å². The third kappa shape index (κ3) is 3.59. The molecule has 1 fully saturated rings. The molecule has 1 aliphatic rings. The van der Waals surface area contributed by atoms with E-state index >= 15 is 0 Å². The number of nitrogens with one attached hydrogen (secondary N) is 1. The lowest BCUT2D eigenvalue weighted by atomic mass is 10.2. The Morgan fingerprint density at radius 3 is 3.04 bits per heavy atom. The molecule has 27 heavy (non-hydrogen) atoms. The SMILES string of the molecule is Cc1nc2ncc(C(=O)N(Cc3ccccn3)C[C@@H]3CCCO3)c(=O)n2[nH]1. The van der Waals surface area contributed by atoms with Crippen molar-refractivity contribution < 1.29 is 9.53 Å². The largest absolute Gasteiger partial charge is 0.376 e. The lowest BCUT2D eigenvalue weighted by molar-refractivity contribution is 0.0502. The number of hydrogen-bond acceptors (Lipinski definition) is 6. The van der Waals surface area contributed by atoms with E-state index in [1.54, 1.807) is 18.0 Å². The minimum atomic E-state index is -0.469. The third-order valence-electron chi connectivity index (χ3n) is 4.53. The van der Waals surface area contributed by atoms with Gasteiger partial charge in [0.2, 0.25) is 0 Å². The Bertz CT molecular complexity index is 1010. The second kappa shape index (κ2) is 7.28. The van der Waals surface area contributed by atoms with E-state index in [-0.39, 0.29) is 17.4 Å². The van der Waals surface area contributed by atoms with Crippen LogP contribution < -0.4 is 5.56 Å². The van der Waals surface area contributed by atoms with E-state index in [9.17, 15) is 9.59 Å². The number of fused-ring (bicyclic) bond motifs is 1. The first-order valence-corrected chi connectivity index (χ1v) is 8.87. The number of nitrogens with zero attached hydrogens (tertiary/aromatic N) is 5. The summed E-state index contributed by atoms with van der Waals surface area (Å²) in [6, 6.07) is 5.54. The Morgan fingerprint density at radius 2 is 2.30 bits per heavy atom. The zero-order chi connectivity index (χ0) is 18.8. The predicted molar refractivity (Wildman–Crippen MR) is 96.3 cm³/mol. The summed E-state index contributed by atoms with van der Waals surface area (Å²) < 4.78 is 6.87. The van der Waals surface area contributed by atoms with Crippen molar-refractivity contribution in [2.24, 2.45) is 0 Å². The summed E-state index contributed by atoms with van der Waals surface area (Å²) in [5, 5.41) is 2.81. The summed E-state index contributed by atoms with van der Waals surface area (Å²) in [6.45, 7) is 3.11. The smallest absolute Gasteiger partial charge is 0.286 e. The van der Waals surface area contributed by atoms with Crippen LogP contribution in [0.25, 0.3) is 5.78 Å². The number of ether oxygens (including phenoxy) is 1. The number of aromatic nitrogens is 5. The van der Waals surface area contributed by atoms with Gasteiger partial charge in [0.05, 0.1) is 18.3 Å². The molecular formula is C18H20N6O3. The Balaban J connectivity index is 1.66. The monoisotopic (exact) mass is 368 g/mol. The first kappa shape index (κ1) is 17.3. The molecule has 3 aromatic rings. The molecule has 1 saturated heterocycles. The highest BCUT2D eigenvalue weighted by molar-refractivity contribution is 5.93. The average molecular weight is 368 g/mol. The van der Waals surface area contributed by atoms with Gasteiger partial charge in [0, 0.05) is 25.5 Å². The van der Waals surface area contributed by atoms with Gasteiger partial charge in [-0.05, 0) is 31.9 Å². The van der Waals surface area contributed by atoms with Gasteiger partial charge < -0.3 is 9.64 Å². The highest BCUT2D eigenvalue weighted by Crippen LogP contribution is 2.16. The molecule has 1 aliphatic heterocycles. The van der Waals surface area contributed by atoms with Crippen molar-refractivity contribution in [2.45, 2.75) is 32.4 Å². The number of carbonyl (C=O) groups is 1. The fraction of sp³-hybridized carbons (Fsp3) is 0.389. The number of pyridine rings is 1. The molecule has 1 N–H and O–H groups in total. The Hall–Kier alpha value is -3.07. The van der Waals surface area contributed by atoms with Crippen molar-refractivity contribution in [3.05, 3.63) is 58.0 Å². The topological polar surface area (TPSA) is 105 Å². The lowest BCUT2D eigenvalue weighted by Crippen LogP contribution is -2.40. The van der Waals surface area contributed by atoms with Crippen molar-refractivity contribution in [1.82, 2.24) is 29.5 Å². The fourth-order valence-electron chi connectivity index (χ4n) is 3.22. The molecule has 1 amide bonds. The van der Waals surface area contributed by atoms with Gasteiger partial charge in [-0.2, -0.15) is 9.50 Å². The maximum absolute atomic E-state index is 13.2. The van der Waals surface area contributed by atoms with Crippen LogP contribution in [0.4, 0.5) is 0 Å². The number of aryl methyl sites for hydroxylation is 1. The van der Waals surface area contributed by atoms with Gasteiger partial charge in [-0.25, -0.2) is 4.98 Å². The molecule has 0 radical (unpaired) electrons. The normalized spacial score (nSPS) is 16.7. The van der Waals surface area contributed by atoms with Crippen LogP contribution in [0.15, 0.2) is 35.4 Å². The van der Waals surface area contributed by atoms with Crippen molar-refractivity contribution in [3.8, 4) is 0 Å². The molecule has 0 bridgehead atoms. The highest BCUT2D eigenvalue weighted by Gasteiger charge is 2.26. The summed E-state index contributed by atoms with van der Waals surface area (Å²) >= 11 is 0. The van der Waals surface area contributed by atoms with Crippen molar-refractivity contribution in [2.75, 3.05) is 13.2 Å². The molecule has 0 saturated carbocycles. The molecule has 9 nitrogen and oxygen atoms in total. The van der Waals surface area contributed by atoms with Crippen LogP contribution in [0.1, 0.15) is 34.7 Å². The van der Waals surface area contributed by atoms with Gasteiger partial charge >= 0.3 is 0 Å². The second-order valence-corrected chi connectivity index (χ2v) is 6.56. The summed E-state index contributed by atoms with van der Waals surface area (Å²) in [6.07, 6.45) is 4.80. The lowest BCUT2D eigenvalue weighted by Gasteiger charge is -2.25. The van der Waals surface area contributed by atoms with E-state index in [1.165, 1.54) is 10.7 Å². The van der Waals surface area contributed by atoms with Crippen LogP contribution >= 0.6 is 0 Å². The van der Waals surface area contributed by atoms with Gasteiger partial charge in [-0.3, -0.25) is 19.7 Å². The molecule has 4 rings (SSSR count). The average Bonchev–Trinajstić information content (AvgIpc) is 3.31. The number of amides is 1. The van der Waals surface area contributed by atoms with Crippen LogP contribution in [0, 0.1) is 6.92 Å². The van der Waals surface area contributed by atoms with Gasteiger partial charge in [-0.15, -0.1) is 0 Å². The first-order valence-electron chi connectivity index (χ1n) is 8.87. The molecule has 0 aromatic carbocycles. The Labute approximate surface area is 155 Å². The zero-order valence-corrected chi connectivity index (χ0v) is 15.0. The highest BCUT2D eigenvalue weighted by atomic mass is 16.5. The maximum Gasteiger partial charge on any atom is 0.286 e. The zero-order valence-electron chi connectivity index (χ0n) is 15.0. The van der Waals surface area contributed by atoms with Crippen LogP contribution in [-0.2, 0) is 11.3 Å². The minimum absolute atomic E-state index is 0.00919. The molecule has 0 unspecified atom stereocenters. The van der Waals surface area contributed by atoms with Crippen LogP contribution in [0.3, 0.4) is 0 Å². The van der Waals surface area contributed by atoms with E-state index in [1.807, 2.05) is 18.2 Å². The summed E-state index contributed by atoms with van der Waals surface area (Å²) in [5.41, 5.74) is 0.268. The minimum Gasteiger partial charge on any atom is -0.376 e. The number of aromatic amines is 1. The van der Waals surface area contributed by atoms with Gasteiger partial charge in [-0.1, -0.05) is 6.07 Å². The Kier molecular flexibility index (Phi) is 4.68. The number of H-pyrrole nitrogens is 1. The van der Waals surface area contributed by atoms with E-state index in [2.05, 4.69) is 20.1 Å². The second-order valence-electron chi connectivity index (χ2n) is 6.56. The standard InChI is InChI=1S/C18H20N6O3/c1-12-21-18-20-9-15(17(26)24(18)22-12)16(25)23(11-14-6-4-8-27-14)10-13-5-2-3-7-19-13/h2-3,5,7,9,14H,4,6,8,10-11H2,1H3,(H,20,21,22)/t14-/m0/s1. The summed E-state index contributed by atoms with van der Waals surface area (Å²) in [7, 11) is 0. The number of hydrogen-bond donors (Lipinski definition) is 1. The maximum atomic E-state index is 13.2. The van der Waals surface area contributed by atoms with E-state index in [0.29, 0.717) is 25.5 Å². The van der Waals surface area contributed by atoms with Crippen LogP contribution in [0.5, 0.6) is 0 Å². The van der Waals surface area contributed by atoms with Gasteiger partial charge in [0.15, 0.2) is 0 Å². The van der Waals surface area contributed by atoms with Crippen molar-refractivity contribution in [3.63, 3.8) is 0 Å². The number of carbonyl (C=O) groups excluding carboxylic acids is 1. The summed E-state index contributed by atoms with van der Waals surface area (Å²) in [5.74, 6) is 0.397. The fourth-order valence-corrected chi connectivity index (χ4v) is 3.22. The number of rotatable bonds is 5. The molecule has 4 heterocycles. The molecule has 140 valence electrons. The predicted octanol–water partition coefficient (Wildman–Crippen LogP) is 0.942. The van der Waals surface area contributed by atoms with Crippen LogP contribution in [0.2, 0.25) is 0 Å². The van der Waals surface area contributed by atoms with E-state index < -0.39 is 11.5 Å². The first-order chi connectivity index (χ1) is 13.1. The molecule has 0 aliphatic carbocycles. The molecular weight excluding hydrogens is 348 g/mol. The van der Waals surface area contributed by atoms with E-state index in [4.69, 9.17) is 4.74 Å². The molecule has 0 spiro atoms. The molecule has 9 heteroatoms.